The fraction of sp³-hybridized carbons (Fsp3) is 0.222. The van der Waals surface area contributed by atoms with Crippen molar-refractivity contribution in [1.82, 2.24) is 0 Å². The van der Waals surface area contributed by atoms with Crippen LogP contribution in [-0.4, -0.2) is 30.1 Å². The summed E-state index contributed by atoms with van der Waals surface area (Å²) in [6.45, 7) is 0. The molecule has 0 aliphatic carbocycles. The highest BCUT2D eigenvalue weighted by Crippen LogP contribution is 2.35. The zero-order valence-corrected chi connectivity index (χ0v) is 16.9. The number of hydrogen-bond acceptors (Lipinski definition) is 5. The normalized spacial score (nSPS) is 16.0. The lowest BCUT2D eigenvalue weighted by atomic mass is 10.2. The summed E-state index contributed by atoms with van der Waals surface area (Å²) < 4.78 is 42.7. The minimum Gasteiger partial charge on any atom is -0.495 e. The topological polar surface area (TPSA) is 41.9 Å². The SMILES string of the molecule is COc1ccc(N2C(=O)/C(=C/c3cccs3)N=C2SCCC(F)(F)F)cc1Cl. The van der Waals surface area contributed by atoms with Crippen LogP contribution >= 0.6 is 34.7 Å². The van der Waals surface area contributed by atoms with Crippen molar-refractivity contribution in [2.45, 2.75) is 12.6 Å². The molecule has 0 fully saturated rings. The fourth-order valence-electron chi connectivity index (χ4n) is 2.38. The molecule has 3 rings (SSSR count). The molecule has 0 saturated heterocycles. The van der Waals surface area contributed by atoms with E-state index >= 15 is 0 Å². The number of nitrogens with zero attached hydrogens (tertiary/aromatic N) is 2. The van der Waals surface area contributed by atoms with E-state index < -0.39 is 18.5 Å². The molecular weight excluding hydrogens is 433 g/mol. The van der Waals surface area contributed by atoms with E-state index in [1.807, 2.05) is 17.5 Å². The average molecular weight is 447 g/mol. The van der Waals surface area contributed by atoms with Gasteiger partial charge in [-0.2, -0.15) is 13.2 Å². The van der Waals surface area contributed by atoms with E-state index in [1.165, 1.54) is 29.4 Å². The first-order chi connectivity index (χ1) is 13.3. The Hall–Kier alpha value is -1.97. The van der Waals surface area contributed by atoms with Crippen LogP contribution in [0.4, 0.5) is 18.9 Å². The third kappa shape index (κ3) is 4.89. The van der Waals surface area contributed by atoms with Crippen LogP contribution in [0.5, 0.6) is 5.75 Å². The van der Waals surface area contributed by atoms with Gasteiger partial charge in [0.25, 0.3) is 5.91 Å². The highest BCUT2D eigenvalue weighted by molar-refractivity contribution is 8.14. The summed E-state index contributed by atoms with van der Waals surface area (Å²) >= 11 is 8.45. The second kappa shape index (κ2) is 8.59. The molecule has 4 nitrogen and oxygen atoms in total. The lowest BCUT2D eigenvalue weighted by Crippen LogP contribution is -2.30. The van der Waals surface area contributed by atoms with E-state index in [1.54, 1.807) is 18.2 Å². The van der Waals surface area contributed by atoms with E-state index in [0.717, 1.165) is 16.6 Å². The molecule has 0 N–H and O–H groups in total. The van der Waals surface area contributed by atoms with Gasteiger partial charge in [-0.3, -0.25) is 9.69 Å². The summed E-state index contributed by atoms with van der Waals surface area (Å²) in [5.74, 6) is -0.249. The predicted octanol–water partition coefficient (Wildman–Crippen LogP) is 5.84. The molecule has 1 aliphatic rings. The largest absolute Gasteiger partial charge is 0.495 e. The number of ether oxygens (including phenoxy) is 1. The quantitative estimate of drug-likeness (QED) is 0.542. The summed E-state index contributed by atoms with van der Waals surface area (Å²) in [6.07, 6.45) is -3.64. The standard InChI is InChI=1S/C18H14ClF3N2O2S2/c1-26-15-5-4-11(9-13(15)19)24-16(25)14(10-12-3-2-7-27-12)23-17(24)28-8-6-18(20,21)22/h2-5,7,9-10H,6,8H2,1H3/b14-10-. The van der Waals surface area contributed by atoms with E-state index in [4.69, 9.17) is 16.3 Å². The number of hydrogen-bond donors (Lipinski definition) is 0. The van der Waals surface area contributed by atoms with Crippen molar-refractivity contribution in [2.24, 2.45) is 4.99 Å². The molecule has 0 saturated carbocycles. The zero-order valence-electron chi connectivity index (χ0n) is 14.5. The first-order valence-corrected chi connectivity index (χ1v) is 10.2. The summed E-state index contributed by atoms with van der Waals surface area (Å²) in [5, 5.41) is 2.32. The number of rotatable bonds is 5. The first kappa shape index (κ1) is 20.8. The third-order valence-corrected chi connectivity index (χ3v) is 5.72. The van der Waals surface area contributed by atoms with Gasteiger partial charge >= 0.3 is 6.18 Å². The molecule has 1 aromatic carbocycles. The molecule has 1 amide bonds. The number of thiophene rings is 1. The van der Waals surface area contributed by atoms with Gasteiger partial charge in [0.1, 0.15) is 11.4 Å². The second-order valence-electron chi connectivity index (χ2n) is 5.61. The number of thioether (sulfide) groups is 1. The van der Waals surface area contributed by atoms with Crippen molar-refractivity contribution >= 4 is 57.5 Å². The Labute approximate surface area is 172 Å². The van der Waals surface area contributed by atoms with Crippen LogP contribution in [0.2, 0.25) is 5.02 Å². The van der Waals surface area contributed by atoms with Gasteiger partial charge in [0.05, 0.1) is 24.2 Å². The number of benzene rings is 1. The minimum atomic E-state index is -4.28. The summed E-state index contributed by atoms with van der Waals surface area (Å²) in [7, 11) is 1.46. The number of halogens is 4. The van der Waals surface area contributed by atoms with Crippen molar-refractivity contribution in [2.75, 3.05) is 17.8 Å². The Morgan fingerprint density at radius 1 is 1.36 bits per heavy atom. The number of carbonyl (C=O) groups excluding carboxylic acids is 1. The van der Waals surface area contributed by atoms with Crippen molar-refractivity contribution < 1.29 is 22.7 Å². The van der Waals surface area contributed by atoms with Gasteiger partial charge < -0.3 is 4.74 Å². The average Bonchev–Trinajstić information content (AvgIpc) is 3.23. The molecular formula is C18H14ClF3N2O2S2. The van der Waals surface area contributed by atoms with E-state index in [2.05, 4.69) is 4.99 Å². The van der Waals surface area contributed by atoms with Crippen LogP contribution in [0.25, 0.3) is 6.08 Å². The number of amidine groups is 1. The molecule has 28 heavy (non-hydrogen) atoms. The summed E-state index contributed by atoms with van der Waals surface area (Å²) in [4.78, 5) is 19.3. The highest BCUT2D eigenvalue weighted by atomic mass is 35.5. The van der Waals surface area contributed by atoms with Crippen LogP contribution in [0.3, 0.4) is 0 Å². The van der Waals surface area contributed by atoms with Gasteiger partial charge in [0, 0.05) is 10.6 Å². The highest BCUT2D eigenvalue weighted by Gasteiger charge is 2.34. The molecule has 0 radical (unpaired) electrons. The number of methoxy groups -OCH3 is 1. The minimum absolute atomic E-state index is 0.156. The summed E-state index contributed by atoms with van der Waals surface area (Å²) in [5.41, 5.74) is 0.563. The number of alkyl halides is 3. The van der Waals surface area contributed by atoms with E-state index in [0.29, 0.717) is 11.4 Å². The number of aliphatic imine (C=N–C) groups is 1. The molecule has 148 valence electrons. The van der Waals surface area contributed by atoms with Gasteiger partial charge in [-0.05, 0) is 35.7 Å². The molecule has 1 aromatic heterocycles. The van der Waals surface area contributed by atoms with E-state index in [-0.39, 0.29) is 21.6 Å². The van der Waals surface area contributed by atoms with Crippen LogP contribution in [0, 0.1) is 0 Å². The number of anilines is 1. The van der Waals surface area contributed by atoms with Crippen LogP contribution < -0.4 is 9.64 Å². The Bertz CT molecular complexity index is 927. The smallest absolute Gasteiger partial charge is 0.389 e. The maximum Gasteiger partial charge on any atom is 0.389 e. The molecule has 1 aliphatic heterocycles. The Balaban J connectivity index is 1.92. The van der Waals surface area contributed by atoms with Gasteiger partial charge in [-0.15, -0.1) is 11.3 Å². The van der Waals surface area contributed by atoms with Crippen LogP contribution in [-0.2, 0) is 4.79 Å². The lowest BCUT2D eigenvalue weighted by Gasteiger charge is -2.19. The van der Waals surface area contributed by atoms with Crippen LogP contribution in [0.1, 0.15) is 11.3 Å². The predicted molar refractivity (Wildman–Crippen MR) is 108 cm³/mol. The Morgan fingerprint density at radius 2 is 2.14 bits per heavy atom. The fourth-order valence-corrected chi connectivity index (χ4v) is 4.28. The van der Waals surface area contributed by atoms with Crippen LogP contribution in [0.15, 0.2) is 46.4 Å². The maximum absolute atomic E-state index is 12.9. The molecule has 0 bridgehead atoms. The monoisotopic (exact) mass is 446 g/mol. The molecule has 2 heterocycles. The maximum atomic E-state index is 12.9. The molecule has 2 aromatic rings. The van der Waals surface area contributed by atoms with Crippen molar-refractivity contribution in [3.8, 4) is 5.75 Å². The van der Waals surface area contributed by atoms with Crippen molar-refractivity contribution in [1.29, 1.82) is 0 Å². The molecule has 0 unspecified atom stereocenters. The number of carbonyl (C=O) groups is 1. The number of amides is 1. The second-order valence-corrected chi connectivity index (χ2v) is 8.06. The van der Waals surface area contributed by atoms with Gasteiger partial charge in [-0.25, -0.2) is 4.99 Å². The molecule has 10 heteroatoms. The first-order valence-electron chi connectivity index (χ1n) is 8.00. The lowest BCUT2D eigenvalue weighted by molar-refractivity contribution is -0.129. The third-order valence-electron chi connectivity index (χ3n) is 3.66. The zero-order chi connectivity index (χ0) is 20.3. The van der Waals surface area contributed by atoms with E-state index in [9.17, 15) is 18.0 Å². The van der Waals surface area contributed by atoms with Gasteiger partial charge in [0.15, 0.2) is 5.17 Å². The van der Waals surface area contributed by atoms with Crippen molar-refractivity contribution in [3.63, 3.8) is 0 Å². The van der Waals surface area contributed by atoms with Gasteiger partial charge in [-0.1, -0.05) is 29.4 Å². The summed E-state index contributed by atoms with van der Waals surface area (Å²) in [6, 6.07) is 8.37. The molecule has 0 atom stereocenters. The Kier molecular flexibility index (Phi) is 6.36. The molecule has 0 spiro atoms. The van der Waals surface area contributed by atoms with Crippen molar-refractivity contribution in [3.05, 3.63) is 51.3 Å². The van der Waals surface area contributed by atoms with Gasteiger partial charge in [0.2, 0.25) is 0 Å². The Morgan fingerprint density at radius 3 is 2.75 bits per heavy atom.